The summed E-state index contributed by atoms with van der Waals surface area (Å²) in [6.07, 6.45) is 5.61. The van der Waals surface area contributed by atoms with Gasteiger partial charge in [0.25, 0.3) is 0 Å². The Morgan fingerprint density at radius 1 is 1.56 bits per heavy atom. The van der Waals surface area contributed by atoms with Crippen LogP contribution in [-0.2, 0) is 4.74 Å². The molecule has 9 heavy (non-hydrogen) atoms. The van der Waals surface area contributed by atoms with E-state index in [1.165, 1.54) is 25.7 Å². The van der Waals surface area contributed by atoms with E-state index >= 15 is 0 Å². The second kappa shape index (κ2) is 1.86. The lowest BCUT2D eigenvalue weighted by molar-refractivity contribution is 0.307. The molecule has 2 atom stereocenters. The third-order valence-electron chi connectivity index (χ3n) is 2.45. The summed E-state index contributed by atoms with van der Waals surface area (Å²) in [6.45, 7) is 0. The molecule has 1 aliphatic carbocycles. The van der Waals surface area contributed by atoms with E-state index in [0.29, 0.717) is 12.0 Å². The quantitative estimate of drug-likeness (QED) is 0.407. The van der Waals surface area contributed by atoms with Crippen molar-refractivity contribution in [3.8, 4) is 0 Å². The molecule has 1 aliphatic heterocycles. The zero-order valence-electron chi connectivity index (χ0n) is 5.40. The molecule has 0 radical (unpaired) electrons. The number of fused-ring (bicyclic) bond motifs is 1. The van der Waals surface area contributed by atoms with Crippen molar-refractivity contribution in [2.75, 3.05) is 5.88 Å². The van der Waals surface area contributed by atoms with Crippen LogP contribution in [0, 0.1) is 0 Å². The molecule has 0 aromatic rings. The van der Waals surface area contributed by atoms with Crippen molar-refractivity contribution < 1.29 is 4.74 Å². The molecule has 0 amide bonds. The zero-order valence-corrected chi connectivity index (χ0v) is 6.16. The first-order valence-electron chi connectivity index (χ1n) is 3.61. The molecule has 52 valence electrons. The van der Waals surface area contributed by atoms with Crippen LogP contribution in [0.5, 0.6) is 0 Å². The number of alkyl halides is 1. The predicted octanol–water partition coefficient (Wildman–Crippen LogP) is 1.94. The molecule has 1 nitrogen and oxygen atoms in total. The van der Waals surface area contributed by atoms with Crippen molar-refractivity contribution >= 4 is 11.6 Å². The maximum absolute atomic E-state index is 5.74. The molecule has 1 saturated carbocycles. The highest BCUT2D eigenvalue weighted by atomic mass is 35.5. The number of hydrogen-bond donors (Lipinski definition) is 0. The first kappa shape index (κ1) is 5.99. The summed E-state index contributed by atoms with van der Waals surface area (Å²) in [5, 5.41) is 0. The van der Waals surface area contributed by atoms with Crippen LogP contribution < -0.4 is 0 Å². The molecule has 0 spiro atoms. The topological polar surface area (TPSA) is 12.5 Å². The van der Waals surface area contributed by atoms with Crippen LogP contribution >= 0.6 is 11.6 Å². The lowest BCUT2D eigenvalue weighted by Gasteiger charge is -2.12. The third kappa shape index (κ3) is 0.786. The van der Waals surface area contributed by atoms with E-state index < -0.39 is 0 Å². The summed E-state index contributed by atoms with van der Waals surface area (Å²) in [5.41, 5.74) is 0.153. The normalized spacial score (nSPS) is 48.3. The Hall–Kier alpha value is 0.250. The molecule has 0 bridgehead atoms. The predicted molar refractivity (Wildman–Crippen MR) is 36.8 cm³/mol. The van der Waals surface area contributed by atoms with Crippen molar-refractivity contribution in [3.63, 3.8) is 0 Å². The second-order valence-corrected chi connectivity index (χ2v) is 3.32. The van der Waals surface area contributed by atoms with E-state index in [2.05, 4.69) is 0 Å². The van der Waals surface area contributed by atoms with Crippen molar-refractivity contribution in [2.24, 2.45) is 0 Å². The summed E-state index contributed by atoms with van der Waals surface area (Å²) in [7, 11) is 0. The van der Waals surface area contributed by atoms with E-state index in [1.807, 2.05) is 0 Å². The van der Waals surface area contributed by atoms with Gasteiger partial charge in [0.15, 0.2) is 0 Å². The Morgan fingerprint density at radius 2 is 2.44 bits per heavy atom. The van der Waals surface area contributed by atoms with Gasteiger partial charge in [-0.2, -0.15) is 0 Å². The van der Waals surface area contributed by atoms with Gasteiger partial charge in [0, 0.05) is 0 Å². The first-order valence-corrected chi connectivity index (χ1v) is 4.15. The Balaban J connectivity index is 2.01. The van der Waals surface area contributed by atoms with Crippen LogP contribution in [0.25, 0.3) is 0 Å². The standard InChI is InChI=1S/C7H11ClO/c8-5-7-4-2-1-3-6(7)9-7/h6H,1-5H2. The largest absolute Gasteiger partial charge is 0.365 e. The molecular weight excluding hydrogens is 136 g/mol. The van der Waals surface area contributed by atoms with Gasteiger partial charge in [0.1, 0.15) is 5.60 Å². The van der Waals surface area contributed by atoms with Crippen LogP contribution in [0.2, 0.25) is 0 Å². The van der Waals surface area contributed by atoms with Crippen LogP contribution in [0.4, 0.5) is 0 Å². The van der Waals surface area contributed by atoms with E-state index in [0.717, 1.165) is 0 Å². The van der Waals surface area contributed by atoms with Crippen molar-refractivity contribution in [1.29, 1.82) is 0 Å². The van der Waals surface area contributed by atoms with Gasteiger partial charge in [0.2, 0.25) is 0 Å². The molecule has 2 unspecified atom stereocenters. The molecule has 1 saturated heterocycles. The minimum atomic E-state index is 0.153. The van der Waals surface area contributed by atoms with Gasteiger partial charge in [-0.1, -0.05) is 12.8 Å². The Bertz CT molecular complexity index is 126. The third-order valence-corrected chi connectivity index (χ3v) is 2.90. The van der Waals surface area contributed by atoms with E-state index in [-0.39, 0.29) is 5.60 Å². The van der Waals surface area contributed by atoms with Crippen LogP contribution in [0.3, 0.4) is 0 Å². The number of halogens is 1. The summed E-state index contributed by atoms with van der Waals surface area (Å²) in [4.78, 5) is 0. The highest BCUT2D eigenvalue weighted by molar-refractivity contribution is 6.18. The lowest BCUT2D eigenvalue weighted by Crippen LogP contribution is -2.20. The SMILES string of the molecule is ClCC12CCCCC1O2. The van der Waals surface area contributed by atoms with Crippen LogP contribution in [0.1, 0.15) is 25.7 Å². The van der Waals surface area contributed by atoms with Crippen LogP contribution in [-0.4, -0.2) is 17.6 Å². The lowest BCUT2D eigenvalue weighted by atomic mass is 9.91. The van der Waals surface area contributed by atoms with Gasteiger partial charge in [-0.05, 0) is 12.8 Å². The average Bonchev–Trinajstić information content (AvgIpc) is 2.62. The minimum absolute atomic E-state index is 0.153. The van der Waals surface area contributed by atoms with Gasteiger partial charge < -0.3 is 4.74 Å². The van der Waals surface area contributed by atoms with E-state index in [9.17, 15) is 0 Å². The molecule has 2 aliphatic rings. The monoisotopic (exact) mass is 146 g/mol. The second-order valence-electron chi connectivity index (χ2n) is 3.05. The van der Waals surface area contributed by atoms with Crippen LogP contribution in [0.15, 0.2) is 0 Å². The molecule has 1 heterocycles. The number of epoxide rings is 1. The molecule has 0 N–H and O–H groups in total. The summed E-state index contributed by atoms with van der Waals surface area (Å²) < 4.78 is 5.48. The fraction of sp³-hybridized carbons (Fsp3) is 1.00. The minimum Gasteiger partial charge on any atom is -0.365 e. The number of ether oxygens (including phenoxy) is 1. The first-order chi connectivity index (χ1) is 4.37. The van der Waals surface area contributed by atoms with Gasteiger partial charge in [-0.15, -0.1) is 11.6 Å². The maximum atomic E-state index is 5.74. The average molecular weight is 147 g/mol. The van der Waals surface area contributed by atoms with Crippen molar-refractivity contribution in [2.45, 2.75) is 37.4 Å². The highest BCUT2D eigenvalue weighted by Gasteiger charge is 2.56. The molecule has 2 fully saturated rings. The van der Waals surface area contributed by atoms with Gasteiger partial charge in [0.05, 0.1) is 12.0 Å². The Morgan fingerprint density at radius 3 is 3.00 bits per heavy atom. The Kier molecular flexibility index (Phi) is 1.24. The number of rotatable bonds is 1. The smallest absolute Gasteiger partial charge is 0.108 e. The highest BCUT2D eigenvalue weighted by Crippen LogP contribution is 2.48. The van der Waals surface area contributed by atoms with Crippen molar-refractivity contribution in [1.82, 2.24) is 0 Å². The summed E-state index contributed by atoms with van der Waals surface area (Å²) >= 11 is 5.74. The Labute approximate surface area is 60.3 Å². The molecule has 0 aromatic heterocycles. The fourth-order valence-corrected chi connectivity index (χ4v) is 2.10. The fourth-order valence-electron chi connectivity index (χ4n) is 1.73. The maximum Gasteiger partial charge on any atom is 0.108 e. The summed E-state index contributed by atoms with van der Waals surface area (Å²) in [5.74, 6) is 0.706. The van der Waals surface area contributed by atoms with Crippen molar-refractivity contribution in [3.05, 3.63) is 0 Å². The number of hydrogen-bond acceptors (Lipinski definition) is 1. The summed E-state index contributed by atoms with van der Waals surface area (Å²) in [6, 6.07) is 0. The molecule has 2 rings (SSSR count). The molecule has 2 heteroatoms. The van der Waals surface area contributed by atoms with E-state index in [1.54, 1.807) is 0 Å². The molecular formula is C7H11ClO. The molecule has 0 aromatic carbocycles. The van der Waals surface area contributed by atoms with Gasteiger partial charge in [-0.25, -0.2) is 0 Å². The zero-order chi connectivity index (χ0) is 6.32. The van der Waals surface area contributed by atoms with E-state index in [4.69, 9.17) is 16.3 Å². The van der Waals surface area contributed by atoms with Gasteiger partial charge in [-0.3, -0.25) is 0 Å². The van der Waals surface area contributed by atoms with Gasteiger partial charge >= 0.3 is 0 Å².